The zero-order valence-corrected chi connectivity index (χ0v) is 12.6. The molecule has 0 aliphatic carbocycles. The van der Waals surface area contributed by atoms with Crippen LogP contribution in [0.3, 0.4) is 0 Å². The molecule has 0 aliphatic rings. The van der Waals surface area contributed by atoms with Crippen LogP contribution in [-0.2, 0) is 11.3 Å². The normalized spacial score (nSPS) is 10.7. The van der Waals surface area contributed by atoms with E-state index in [1.165, 1.54) is 0 Å². The van der Waals surface area contributed by atoms with Crippen molar-refractivity contribution in [3.63, 3.8) is 0 Å². The summed E-state index contributed by atoms with van der Waals surface area (Å²) in [6, 6.07) is 7.76. The van der Waals surface area contributed by atoms with Crippen LogP contribution in [0.25, 0.3) is 11.4 Å². The van der Waals surface area contributed by atoms with Gasteiger partial charge in [0, 0.05) is 19.2 Å². The SMILES string of the molecule is CCCNc1nc(-c2cccc(COC)c2)nc(C)c1F. The Labute approximate surface area is 124 Å². The van der Waals surface area contributed by atoms with Crippen LogP contribution < -0.4 is 5.32 Å². The van der Waals surface area contributed by atoms with Gasteiger partial charge in [-0.2, -0.15) is 0 Å². The van der Waals surface area contributed by atoms with Crippen LogP contribution >= 0.6 is 0 Å². The lowest BCUT2D eigenvalue weighted by atomic mass is 10.1. The number of aryl methyl sites for hydroxylation is 1. The maximum Gasteiger partial charge on any atom is 0.186 e. The van der Waals surface area contributed by atoms with Crippen molar-refractivity contribution in [2.45, 2.75) is 26.9 Å². The summed E-state index contributed by atoms with van der Waals surface area (Å²) >= 11 is 0. The molecule has 0 fully saturated rings. The van der Waals surface area contributed by atoms with Gasteiger partial charge >= 0.3 is 0 Å². The van der Waals surface area contributed by atoms with Gasteiger partial charge in [-0.3, -0.25) is 0 Å². The number of nitrogens with zero attached hydrogens (tertiary/aromatic N) is 2. The Hall–Kier alpha value is -2.01. The van der Waals surface area contributed by atoms with Crippen molar-refractivity contribution in [3.05, 3.63) is 41.3 Å². The second-order valence-electron chi connectivity index (χ2n) is 4.86. The molecular weight excluding hydrogens is 269 g/mol. The lowest BCUT2D eigenvalue weighted by Crippen LogP contribution is -2.08. The molecule has 1 aromatic carbocycles. The minimum absolute atomic E-state index is 0.261. The van der Waals surface area contributed by atoms with Crippen LogP contribution in [0, 0.1) is 12.7 Å². The number of benzene rings is 1. The van der Waals surface area contributed by atoms with Crippen LogP contribution in [0.15, 0.2) is 24.3 Å². The maximum atomic E-state index is 14.0. The first kappa shape index (κ1) is 15.4. The standard InChI is InChI=1S/C16H20FN3O/c1-4-8-18-16-14(17)11(2)19-15(20-16)13-7-5-6-12(9-13)10-21-3/h5-7,9H,4,8,10H2,1-3H3,(H,18,19,20). The molecule has 0 aliphatic heterocycles. The Balaban J connectivity index is 2.39. The maximum absolute atomic E-state index is 14.0. The highest BCUT2D eigenvalue weighted by molar-refractivity contribution is 5.59. The van der Waals surface area contributed by atoms with Gasteiger partial charge in [0.25, 0.3) is 0 Å². The Bertz CT molecular complexity index is 616. The Morgan fingerprint density at radius 1 is 1.29 bits per heavy atom. The molecule has 0 spiro atoms. The van der Waals surface area contributed by atoms with Gasteiger partial charge in [-0.15, -0.1) is 0 Å². The summed E-state index contributed by atoms with van der Waals surface area (Å²) in [5, 5.41) is 3.00. The minimum atomic E-state index is -0.389. The van der Waals surface area contributed by atoms with E-state index in [9.17, 15) is 4.39 Å². The van der Waals surface area contributed by atoms with Crippen molar-refractivity contribution >= 4 is 5.82 Å². The molecule has 1 heterocycles. The van der Waals surface area contributed by atoms with Gasteiger partial charge < -0.3 is 10.1 Å². The van der Waals surface area contributed by atoms with Crippen molar-refractivity contribution in [3.8, 4) is 11.4 Å². The fraction of sp³-hybridized carbons (Fsp3) is 0.375. The minimum Gasteiger partial charge on any atom is -0.380 e. The van der Waals surface area contributed by atoms with Crippen LogP contribution in [-0.4, -0.2) is 23.6 Å². The van der Waals surface area contributed by atoms with E-state index in [4.69, 9.17) is 4.74 Å². The van der Waals surface area contributed by atoms with E-state index in [1.807, 2.05) is 31.2 Å². The third kappa shape index (κ3) is 3.76. The van der Waals surface area contributed by atoms with Crippen LogP contribution in [0.5, 0.6) is 0 Å². The first-order valence-corrected chi connectivity index (χ1v) is 7.02. The molecule has 4 nitrogen and oxygen atoms in total. The molecule has 1 N–H and O–H groups in total. The Morgan fingerprint density at radius 2 is 2.10 bits per heavy atom. The molecule has 5 heteroatoms. The number of methoxy groups -OCH3 is 1. The molecular formula is C16H20FN3O. The number of anilines is 1. The van der Waals surface area contributed by atoms with Gasteiger partial charge in [-0.25, -0.2) is 14.4 Å². The number of hydrogen-bond donors (Lipinski definition) is 1. The van der Waals surface area contributed by atoms with Crippen LogP contribution in [0.4, 0.5) is 10.2 Å². The monoisotopic (exact) mass is 289 g/mol. The third-order valence-corrected chi connectivity index (χ3v) is 3.06. The van der Waals surface area contributed by atoms with E-state index in [0.29, 0.717) is 24.7 Å². The van der Waals surface area contributed by atoms with Crippen LogP contribution in [0.2, 0.25) is 0 Å². The Kier molecular flexibility index (Phi) is 5.22. The van der Waals surface area contributed by atoms with E-state index in [-0.39, 0.29) is 11.6 Å². The molecule has 1 aromatic heterocycles. The summed E-state index contributed by atoms with van der Waals surface area (Å²) in [6.07, 6.45) is 0.904. The van der Waals surface area contributed by atoms with Gasteiger partial charge in [0.15, 0.2) is 17.5 Å². The molecule has 0 atom stereocenters. The molecule has 2 rings (SSSR count). The average Bonchev–Trinajstić information content (AvgIpc) is 2.49. The quantitative estimate of drug-likeness (QED) is 0.883. The molecule has 0 saturated carbocycles. The molecule has 0 bridgehead atoms. The van der Waals surface area contributed by atoms with Crippen LogP contribution in [0.1, 0.15) is 24.6 Å². The zero-order valence-electron chi connectivity index (χ0n) is 12.6. The lowest BCUT2D eigenvalue weighted by molar-refractivity contribution is 0.185. The summed E-state index contributed by atoms with van der Waals surface area (Å²) in [5.74, 6) is 0.391. The highest BCUT2D eigenvalue weighted by Gasteiger charge is 2.12. The van der Waals surface area contributed by atoms with E-state index in [0.717, 1.165) is 17.5 Å². The van der Waals surface area contributed by atoms with E-state index < -0.39 is 0 Å². The predicted molar refractivity (Wildman–Crippen MR) is 81.7 cm³/mol. The van der Waals surface area contributed by atoms with E-state index in [2.05, 4.69) is 15.3 Å². The first-order valence-electron chi connectivity index (χ1n) is 7.02. The molecule has 0 radical (unpaired) electrons. The number of halogens is 1. The number of ether oxygens (including phenoxy) is 1. The summed E-state index contributed by atoms with van der Waals surface area (Å²) in [7, 11) is 1.65. The van der Waals surface area contributed by atoms with Crippen molar-refractivity contribution in [2.75, 3.05) is 19.0 Å². The number of nitrogens with one attached hydrogen (secondary N) is 1. The fourth-order valence-corrected chi connectivity index (χ4v) is 2.02. The summed E-state index contributed by atoms with van der Waals surface area (Å²) in [6.45, 7) is 4.87. The van der Waals surface area contributed by atoms with Gasteiger partial charge in [0.2, 0.25) is 0 Å². The van der Waals surface area contributed by atoms with Crippen molar-refractivity contribution < 1.29 is 9.13 Å². The molecule has 0 amide bonds. The first-order chi connectivity index (χ1) is 10.2. The Morgan fingerprint density at radius 3 is 2.81 bits per heavy atom. The van der Waals surface area contributed by atoms with Crippen molar-refractivity contribution in [1.82, 2.24) is 9.97 Å². The highest BCUT2D eigenvalue weighted by atomic mass is 19.1. The number of aromatic nitrogens is 2. The summed E-state index contributed by atoms with van der Waals surface area (Å²) in [4.78, 5) is 8.55. The second kappa shape index (κ2) is 7.13. The predicted octanol–water partition coefficient (Wildman–Crippen LogP) is 3.56. The van der Waals surface area contributed by atoms with Gasteiger partial charge in [-0.1, -0.05) is 25.1 Å². The van der Waals surface area contributed by atoms with Gasteiger partial charge in [-0.05, 0) is 25.0 Å². The molecule has 21 heavy (non-hydrogen) atoms. The zero-order chi connectivity index (χ0) is 15.2. The average molecular weight is 289 g/mol. The summed E-state index contributed by atoms with van der Waals surface area (Å²) < 4.78 is 19.1. The third-order valence-electron chi connectivity index (χ3n) is 3.06. The molecule has 2 aromatic rings. The second-order valence-corrected chi connectivity index (χ2v) is 4.86. The number of rotatable bonds is 6. The van der Waals surface area contributed by atoms with Gasteiger partial charge in [0.05, 0.1) is 12.3 Å². The number of hydrogen-bond acceptors (Lipinski definition) is 4. The lowest BCUT2D eigenvalue weighted by Gasteiger charge is -2.10. The van der Waals surface area contributed by atoms with Crippen molar-refractivity contribution in [1.29, 1.82) is 0 Å². The van der Waals surface area contributed by atoms with E-state index in [1.54, 1.807) is 14.0 Å². The van der Waals surface area contributed by atoms with Crippen molar-refractivity contribution in [2.24, 2.45) is 0 Å². The van der Waals surface area contributed by atoms with E-state index >= 15 is 0 Å². The molecule has 112 valence electrons. The summed E-state index contributed by atoms with van der Waals surface area (Å²) in [5.41, 5.74) is 2.23. The highest BCUT2D eigenvalue weighted by Crippen LogP contribution is 2.22. The molecule has 0 unspecified atom stereocenters. The fourth-order valence-electron chi connectivity index (χ4n) is 2.02. The topological polar surface area (TPSA) is 47.0 Å². The smallest absolute Gasteiger partial charge is 0.186 e. The molecule has 0 saturated heterocycles. The largest absolute Gasteiger partial charge is 0.380 e. The van der Waals surface area contributed by atoms with Gasteiger partial charge in [0.1, 0.15) is 0 Å².